The van der Waals surface area contributed by atoms with E-state index >= 15 is 0 Å². The molecule has 1 aromatic carbocycles. The monoisotopic (exact) mass is 415 g/mol. The predicted molar refractivity (Wildman–Crippen MR) is 121 cm³/mol. The summed E-state index contributed by atoms with van der Waals surface area (Å²) in [5.41, 5.74) is 6.12. The summed E-state index contributed by atoms with van der Waals surface area (Å²) in [6.07, 6.45) is 3.26. The summed E-state index contributed by atoms with van der Waals surface area (Å²) >= 11 is 0. The van der Waals surface area contributed by atoms with Gasteiger partial charge in [-0.15, -0.1) is 0 Å². The number of hydrogen-bond acceptors (Lipinski definition) is 4. The lowest BCUT2D eigenvalue weighted by Crippen LogP contribution is -2.39. The average Bonchev–Trinajstić information content (AvgIpc) is 3.04. The number of aryl methyl sites for hydroxylation is 2. The first kappa shape index (κ1) is 19.5. The second-order valence-corrected chi connectivity index (χ2v) is 8.37. The lowest BCUT2D eigenvalue weighted by molar-refractivity contribution is -0.130. The van der Waals surface area contributed by atoms with Crippen molar-refractivity contribution in [2.75, 3.05) is 13.1 Å². The number of likely N-dealkylation sites (tertiary alicyclic amines) is 1. The molecule has 7 nitrogen and oxygen atoms in total. The maximum absolute atomic E-state index is 13.2. The number of carbonyl (C=O) groups is 1. The summed E-state index contributed by atoms with van der Waals surface area (Å²) in [6, 6.07) is 12.2. The zero-order valence-corrected chi connectivity index (χ0v) is 18.0. The molecule has 0 saturated carbocycles. The Bertz CT molecular complexity index is 1380. The standard InChI is InChI=1S/C24H25N5O2/c1-15-5-4-6-17(13-15)19-7-8-20-22(26-19)23-21(14-25-20)27(3)24(31)29(23)18-9-11-28(12-10-18)16(2)30/h4-8,13-14,18H,9-12H2,1-3H3. The molecule has 0 bridgehead atoms. The smallest absolute Gasteiger partial charge is 0.329 e. The van der Waals surface area contributed by atoms with Crippen LogP contribution in [0.25, 0.3) is 33.3 Å². The van der Waals surface area contributed by atoms with Crippen LogP contribution in [-0.2, 0) is 11.8 Å². The fraction of sp³-hybridized carbons (Fsp3) is 0.333. The first-order valence-electron chi connectivity index (χ1n) is 10.6. The summed E-state index contributed by atoms with van der Waals surface area (Å²) in [5, 5.41) is 0. The quantitative estimate of drug-likeness (QED) is 0.503. The van der Waals surface area contributed by atoms with Crippen molar-refractivity contribution >= 4 is 28.0 Å². The Morgan fingerprint density at radius 3 is 2.61 bits per heavy atom. The molecule has 31 heavy (non-hydrogen) atoms. The molecule has 4 heterocycles. The van der Waals surface area contributed by atoms with E-state index in [1.54, 1.807) is 24.7 Å². The molecule has 0 atom stereocenters. The molecule has 4 aromatic rings. The minimum absolute atomic E-state index is 0.0295. The number of carbonyl (C=O) groups excluding carboxylic acids is 1. The molecule has 1 aliphatic rings. The molecule has 5 rings (SSSR count). The van der Waals surface area contributed by atoms with Gasteiger partial charge in [-0.3, -0.25) is 18.9 Å². The van der Waals surface area contributed by atoms with Crippen LogP contribution in [0.3, 0.4) is 0 Å². The second-order valence-electron chi connectivity index (χ2n) is 8.37. The van der Waals surface area contributed by atoms with Gasteiger partial charge in [0.2, 0.25) is 5.91 Å². The van der Waals surface area contributed by atoms with Gasteiger partial charge < -0.3 is 4.90 Å². The highest BCUT2D eigenvalue weighted by Gasteiger charge is 2.27. The Balaban J connectivity index is 1.70. The number of amides is 1. The normalized spacial score (nSPS) is 15.1. The third-order valence-electron chi connectivity index (χ3n) is 6.35. The van der Waals surface area contributed by atoms with Crippen molar-refractivity contribution in [1.82, 2.24) is 24.0 Å². The first-order chi connectivity index (χ1) is 14.9. The fourth-order valence-corrected chi connectivity index (χ4v) is 4.63. The van der Waals surface area contributed by atoms with E-state index in [0.29, 0.717) is 13.1 Å². The van der Waals surface area contributed by atoms with Crippen molar-refractivity contribution in [1.29, 1.82) is 0 Å². The van der Waals surface area contributed by atoms with Crippen molar-refractivity contribution < 1.29 is 4.79 Å². The SMILES string of the molecule is CC(=O)N1CCC(n2c(=O)n(C)c3cnc4ccc(-c5cccc(C)c5)nc4c32)CC1. The minimum atomic E-state index is -0.0617. The summed E-state index contributed by atoms with van der Waals surface area (Å²) in [4.78, 5) is 36.4. The number of aromatic nitrogens is 4. The van der Waals surface area contributed by atoms with Crippen molar-refractivity contribution in [3.8, 4) is 11.3 Å². The number of rotatable bonds is 2. The van der Waals surface area contributed by atoms with E-state index in [9.17, 15) is 9.59 Å². The van der Waals surface area contributed by atoms with Crippen LogP contribution in [0.1, 0.15) is 31.4 Å². The molecule has 0 N–H and O–H groups in total. The van der Waals surface area contributed by atoms with E-state index in [1.807, 2.05) is 33.7 Å². The number of pyridine rings is 2. The van der Waals surface area contributed by atoms with Gasteiger partial charge in [-0.2, -0.15) is 0 Å². The predicted octanol–water partition coefficient (Wildman–Crippen LogP) is 3.44. The Labute approximate surface area is 180 Å². The minimum Gasteiger partial charge on any atom is -0.343 e. The van der Waals surface area contributed by atoms with E-state index in [-0.39, 0.29) is 17.6 Å². The van der Waals surface area contributed by atoms with Crippen LogP contribution in [0.2, 0.25) is 0 Å². The Hall–Kier alpha value is -3.48. The highest BCUT2D eigenvalue weighted by molar-refractivity contribution is 6.00. The molecule has 1 aliphatic heterocycles. The molecule has 158 valence electrons. The third kappa shape index (κ3) is 3.21. The maximum atomic E-state index is 13.2. The Kier molecular flexibility index (Phi) is 4.61. The molecule has 1 amide bonds. The van der Waals surface area contributed by atoms with Gasteiger partial charge >= 0.3 is 5.69 Å². The second kappa shape index (κ2) is 7.34. The van der Waals surface area contributed by atoms with Gasteiger partial charge in [0, 0.05) is 38.7 Å². The van der Waals surface area contributed by atoms with E-state index in [0.717, 1.165) is 46.2 Å². The Morgan fingerprint density at radius 2 is 1.90 bits per heavy atom. The van der Waals surface area contributed by atoms with Crippen LogP contribution >= 0.6 is 0 Å². The largest absolute Gasteiger partial charge is 0.343 e. The summed E-state index contributed by atoms with van der Waals surface area (Å²) in [5.74, 6) is 0.0860. The van der Waals surface area contributed by atoms with Gasteiger partial charge in [0.1, 0.15) is 5.52 Å². The molecule has 3 aromatic heterocycles. The zero-order valence-electron chi connectivity index (χ0n) is 18.0. The van der Waals surface area contributed by atoms with Gasteiger partial charge in [-0.1, -0.05) is 23.8 Å². The van der Waals surface area contributed by atoms with Gasteiger partial charge in [-0.05, 0) is 38.0 Å². The highest BCUT2D eigenvalue weighted by Crippen LogP contribution is 2.30. The van der Waals surface area contributed by atoms with Gasteiger partial charge in [0.15, 0.2) is 0 Å². The first-order valence-corrected chi connectivity index (χ1v) is 10.6. The topological polar surface area (TPSA) is 73.0 Å². The lowest BCUT2D eigenvalue weighted by atomic mass is 10.0. The van der Waals surface area contributed by atoms with Crippen LogP contribution in [-0.4, -0.2) is 43.0 Å². The van der Waals surface area contributed by atoms with Crippen LogP contribution in [0, 0.1) is 6.92 Å². The van der Waals surface area contributed by atoms with Gasteiger partial charge in [-0.25, -0.2) is 9.78 Å². The van der Waals surface area contributed by atoms with Crippen LogP contribution in [0.15, 0.2) is 47.4 Å². The fourth-order valence-electron chi connectivity index (χ4n) is 4.63. The van der Waals surface area contributed by atoms with Crippen molar-refractivity contribution in [3.05, 3.63) is 58.6 Å². The van der Waals surface area contributed by atoms with Gasteiger partial charge in [0.25, 0.3) is 0 Å². The number of nitrogens with zero attached hydrogens (tertiary/aromatic N) is 5. The summed E-state index contributed by atoms with van der Waals surface area (Å²) in [7, 11) is 1.78. The van der Waals surface area contributed by atoms with E-state index in [2.05, 4.69) is 24.0 Å². The molecule has 0 radical (unpaired) electrons. The number of piperidine rings is 1. The van der Waals surface area contributed by atoms with Crippen molar-refractivity contribution in [2.24, 2.45) is 7.05 Å². The molecule has 1 fully saturated rings. The summed E-state index contributed by atoms with van der Waals surface area (Å²) in [6.45, 7) is 4.98. The number of benzene rings is 1. The van der Waals surface area contributed by atoms with Crippen molar-refractivity contribution in [2.45, 2.75) is 32.7 Å². The molecular formula is C24H25N5O2. The molecule has 0 spiro atoms. The van der Waals surface area contributed by atoms with Crippen LogP contribution in [0.4, 0.5) is 0 Å². The molecule has 7 heteroatoms. The zero-order chi connectivity index (χ0) is 21.7. The molecule has 1 saturated heterocycles. The van der Waals surface area contributed by atoms with Crippen LogP contribution in [0.5, 0.6) is 0 Å². The van der Waals surface area contributed by atoms with Gasteiger partial charge in [0.05, 0.1) is 28.4 Å². The average molecular weight is 415 g/mol. The van der Waals surface area contributed by atoms with E-state index in [1.165, 1.54) is 5.56 Å². The highest BCUT2D eigenvalue weighted by atomic mass is 16.2. The molecule has 0 unspecified atom stereocenters. The molecule has 0 aliphatic carbocycles. The third-order valence-corrected chi connectivity index (χ3v) is 6.35. The molecular weight excluding hydrogens is 390 g/mol. The maximum Gasteiger partial charge on any atom is 0.329 e. The summed E-state index contributed by atoms with van der Waals surface area (Å²) < 4.78 is 3.53. The van der Waals surface area contributed by atoms with E-state index < -0.39 is 0 Å². The number of hydrogen-bond donors (Lipinski definition) is 0. The number of imidazole rings is 1. The van der Waals surface area contributed by atoms with Crippen LogP contribution < -0.4 is 5.69 Å². The lowest BCUT2D eigenvalue weighted by Gasteiger charge is -2.31. The number of fused-ring (bicyclic) bond motifs is 3. The Morgan fingerprint density at radius 1 is 1.13 bits per heavy atom. The van der Waals surface area contributed by atoms with E-state index in [4.69, 9.17) is 4.98 Å². The van der Waals surface area contributed by atoms with Crippen molar-refractivity contribution in [3.63, 3.8) is 0 Å².